The lowest BCUT2D eigenvalue weighted by atomic mass is 10.1. The predicted molar refractivity (Wildman–Crippen MR) is 54.4 cm³/mol. The monoisotopic (exact) mass is 209 g/mol. The molecule has 15 heavy (non-hydrogen) atoms. The summed E-state index contributed by atoms with van der Waals surface area (Å²) in [6.07, 6.45) is 4.19. The Bertz CT molecular complexity index is 361. The van der Waals surface area contributed by atoms with Crippen LogP contribution in [0.5, 0.6) is 0 Å². The number of ether oxygens (including phenoxy) is 1. The van der Waals surface area contributed by atoms with Crippen LogP contribution in [-0.2, 0) is 18.2 Å². The molecule has 1 fully saturated rings. The van der Waals surface area contributed by atoms with Crippen molar-refractivity contribution in [2.75, 3.05) is 13.2 Å². The standard InChI is InChI=1S/C10H15N3O2/c1-3-13-9(6-15-10(13)14)4-8-5-11-7-12(8)2/h5,7,9H,3-4,6H2,1-2H3/t9-/m1/s1. The van der Waals surface area contributed by atoms with E-state index >= 15 is 0 Å². The number of amides is 1. The first-order valence-corrected chi connectivity index (χ1v) is 5.11. The van der Waals surface area contributed by atoms with E-state index in [0.29, 0.717) is 13.2 Å². The maximum atomic E-state index is 11.3. The van der Waals surface area contributed by atoms with E-state index in [1.165, 1.54) is 0 Å². The molecule has 1 amide bonds. The Balaban J connectivity index is 2.06. The normalized spacial score (nSPS) is 20.8. The number of aromatic nitrogens is 2. The van der Waals surface area contributed by atoms with Gasteiger partial charge in [0.1, 0.15) is 6.61 Å². The number of likely N-dealkylation sites (N-methyl/N-ethyl adjacent to an activating group) is 1. The highest BCUT2D eigenvalue weighted by Crippen LogP contribution is 2.16. The van der Waals surface area contributed by atoms with Crippen LogP contribution in [0.15, 0.2) is 12.5 Å². The number of imidazole rings is 1. The van der Waals surface area contributed by atoms with Crippen LogP contribution in [0.2, 0.25) is 0 Å². The van der Waals surface area contributed by atoms with E-state index in [2.05, 4.69) is 4.98 Å². The molecular formula is C10H15N3O2. The SMILES string of the molecule is CCN1C(=O)OC[C@H]1Cc1cncn1C. The summed E-state index contributed by atoms with van der Waals surface area (Å²) < 4.78 is 6.98. The first kappa shape index (κ1) is 10.0. The number of carbonyl (C=O) groups excluding carboxylic acids is 1. The van der Waals surface area contributed by atoms with Gasteiger partial charge >= 0.3 is 6.09 Å². The van der Waals surface area contributed by atoms with Crippen molar-refractivity contribution >= 4 is 6.09 Å². The van der Waals surface area contributed by atoms with Crippen LogP contribution in [-0.4, -0.2) is 39.7 Å². The number of rotatable bonds is 3. The second kappa shape index (κ2) is 3.92. The lowest BCUT2D eigenvalue weighted by Gasteiger charge is -2.19. The molecule has 0 N–H and O–H groups in total. The molecule has 0 aromatic carbocycles. The molecule has 0 bridgehead atoms. The van der Waals surface area contributed by atoms with Gasteiger partial charge in [0.15, 0.2) is 0 Å². The van der Waals surface area contributed by atoms with Crippen molar-refractivity contribution in [3.05, 3.63) is 18.2 Å². The molecule has 1 aromatic rings. The van der Waals surface area contributed by atoms with Gasteiger partial charge in [0.05, 0.1) is 12.4 Å². The van der Waals surface area contributed by atoms with Crippen molar-refractivity contribution in [1.82, 2.24) is 14.5 Å². The van der Waals surface area contributed by atoms with Gasteiger partial charge in [-0.25, -0.2) is 9.78 Å². The summed E-state index contributed by atoms with van der Waals surface area (Å²) >= 11 is 0. The fraction of sp³-hybridized carbons (Fsp3) is 0.600. The molecule has 0 unspecified atom stereocenters. The van der Waals surface area contributed by atoms with Gasteiger partial charge in [-0.05, 0) is 6.92 Å². The van der Waals surface area contributed by atoms with Crippen LogP contribution in [0.3, 0.4) is 0 Å². The number of hydrogen-bond donors (Lipinski definition) is 0. The van der Waals surface area contributed by atoms with Crippen molar-refractivity contribution < 1.29 is 9.53 Å². The minimum Gasteiger partial charge on any atom is -0.447 e. The zero-order chi connectivity index (χ0) is 10.8. The lowest BCUT2D eigenvalue weighted by molar-refractivity contribution is 0.159. The van der Waals surface area contributed by atoms with Crippen LogP contribution < -0.4 is 0 Å². The lowest BCUT2D eigenvalue weighted by Crippen LogP contribution is -2.35. The first-order valence-electron chi connectivity index (χ1n) is 5.11. The number of carbonyl (C=O) groups is 1. The van der Waals surface area contributed by atoms with Gasteiger partial charge in [0.2, 0.25) is 0 Å². The summed E-state index contributed by atoms with van der Waals surface area (Å²) in [6.45, 7) is 3.14. The summed E-state index contributed by atoms with van der Waals surface area (Å²) in [5, 5.41) is 0. The highest BCUT2D eigenvalue weighted by atomic mass is 16.6. The molecule has 1 aliphatic heterocycles. The molecular weight excluding hydrogens is 194 g/mol. The second-order valence-corrected chi connectivity index (χ2v) is 3.72. The van der Waals surface area contributed by atoms with E-state index in [1.54, 1.807) is 11.2 Å². The van der Waals surface area contributed by atoms with Crippen LogP contribution in [0.4, 0.5) is 4.79 Å². The molecule has 5 heteroatoms. The zero-order valence-electron chi connectivity index (χ0n) is 9.01. The summed E-state index contributed by atoms with van der Waals surface area (Å²) in [6, 6.07) is 0.151. The third kappa shape index (κ3) is 1.82. The third-order valence-corrected chi connectivity index (χ3v) is 2.78. The van der Waals surface area contributed by atoms with E-state index in [9.17, 15) is 4.79 Å². The van der Waals surface area contributed by atoms with Crippen LogP contribution in [0.1, 0.15) is 12.6 Å². The van der Waals surface area contributed by atoms with E-state index in [4.69, 9.17) is 4.74 Å². The fourth-order valence-corrected chi connectivity index (χ4v) is 1.87. The summed E-state index contributed by atoms with van der Waals surface area (Å²) in [5.41, 5.74) is 1.12. The Morgan fingerprint density at radius 2 is 2.47 bits per heavy atom. The molecule has 82 valence electrons. The van der Waals surface area contributed by atoms with Gasteiger partial charge in [-0.15, -0.1) is 0 Å². The molecule has 0 radical (unpaired) electrons. The van der Waals surface area contributed by atoms with Crippen LogP contribution >= 0.6 is 0 Å². The Hall–Kier alpha value is -1.52. The smallest absolute Gasteiger partial charge is 0.410 e. The van der Waals surface area contributed by atoms with Crippen molar-refractivity contribution in [3.63, 3.8) is 0 Å². The van der Waals surface area contributed by atoms with Crippen LogP contribution in [0.25, 0.3) is 0 Å². The van der Waals surface area contributed by atoms with Gasteiger partial charge in [-0.3, -0.25) is 0 Å². The summed E-state index contributed by atoms with van der Waals surface area (Å²) in [7, 11) is 1.95. The average Bonchev–Trinajstić information content (AvgIpc) is 2.76. The van der Waals surface area contributed by atoms with Crippen molar-refractivity contribution in [2.24, 2.45) is 7.05 Å². The maximum Gasteiger partial charge on any atom is 0.410 e. The average molecular weight is 209 g/mol. The molecule has 1 aromatic heterocycles. The third-order valence-electron chi connectivity index (χ3n) is 2.78. The van der Waals surface area contributed by atoms with E-state index in [-0.39, 0.29) is 12.1 Å². The summed E-state index contributed by atoms with van der Waals surface area (Å²) in [4.78, 5) is 17.1. The number of aryl methyl sites for hydroxylation is 1. The van der Waals surface area contributed by atoms with E-state index in [0.717, 1.165) is 12.1 Å². The van der Waals surface area contributed by atoms with E-state index < -0.39 is 0 Å². The number of cyclic esters (lactones) is 1. The van der Waals surface area contributed by atoms with Gasteiger partial charge in [0.25, 0.3) is 0 Å². The molecule has 1 saturated heterocycles. The quantitative estimate of drug-likeness (QED) is 0.740. The Morgan fingerprint density at radius 1 is 1.67 bits per heavy atom. The Morgan fingerprint density at radius 3 is 3.07 bits per heavy atom. The number of hydrogen-bond acceptors (Lipinski definition) is 3. The summed E-state index contributed by atoms with van der Waals surface area (Å²) in [5.74, 6) is 0. The highest BCUT2D eigenvalue weighted by molar-refractivity contribution is 5.70. The first-order chi connectivity index (χ1) is 7.22. The van der Waals surface area contributed by atoms with Crippen molar-refractivity contribution in [2.45, 2.75) is 19.4 Å². The molecule has 0 saturated carbocycles. The Kier molecular flexibility index (Phi) is 2.62. The second-order valence-electron chi connectivity index (χ2n) is 3.72. The molecule has 2 rings (SSSR count). The minimum atomic E-state index is -0.204. The van der Waals surface area contributed by atoms with Gasteiger partial charge in [0, 0.05) is 31.9 Å². The Labute approximate surface area is 88.7 Å². The minimum absolute atomic E-state index is 0.151. The van der Waals surface area contributed by atoms with Gasteiger partial charge in [-0.1, -0.05) is 0 Å². The zero-order valence-corrected chi connectivity index (χ0v) is 9.01. The molecule has 1 aliphatic rings. The molecule has 2 heterocycles. The fourth-order valence-electron chi connectivity index (χ4n) is 1.87. The number of nitrogens with zero attached hydrogens (tertiary/aromatic N) is 3. The maximum absolute atomic E-state index is 11.3. The van der Waals surface area contributed by atoms with Gasteiger partial charge < -0.3 is 14.2 Å². The highest BCUT2D eigenvalue weighted by Gasteiger charge is 2.31. The van der Waals surface area contributed by atoms with E-state index in [1.807, 2.05) is 24.7 Å². The molecule has 5 nitrogen and oxygen atoms in total. The van der Waals surface area contributed by atoms with Gasteiger partial charge in [-0.2, -0.15) is 0 Å². The van der Waals surface area contributed by atoms with Crippen molar-refractivity contribution in [1.29, 1.82) is 0 Å². The topological polar surface area (TPSA) is 47.4 Å². The molecule has 0 aliphatic carbocycles. The molecule has 0 spiro atoms. The predicted octanol–water partition coefficient (Wildman–Crippen LogP) is 0.803. The van der Waals surface area contributed by atoms with Crippen LogP contribution in [0, 0.1) is 0 Å². The largest absolute Gasteiger partial charge is 0.447 e. The van der Waals surface area contributed by atoms with Crippen molar-refractivity contribution in [3.8, 4) is 0 Å². The molecule has 1 atom stereocenters.